The lowest BCUT2D eigenvalue weighted by Crippen LogP contribution is -2.10. The highest BCUT2D eigenvalue weighted by molar-refractivity contribution is 5.93. The van der Waals surface area contributed by atoms with Gasteiger partial charge in [0.2, 0.25) is 5.91 Å². The fourth-order valence-electron chi connectivity index (χ4n) is 2.61. The van der Waals surface area contributed by atoms with Crippen molar-refractivity contribution in [1.82, 2.24) is 4.98 Å². The van der Waals surface area contributed by atoms with Crippen molar-refractivity contribution in [2.24, 2.45) is 5.73 Å². The van der Waals surface area contributed by atoms with Crippen LogP contribution in [0.25, 0.3) is 11.3 Å². The van der Waals surface area contributed by atoms with Crippen LogP contribution in [0.2, 0.25) is 0 Å². The number of carbonyl (C=O) groups is 1. The second kappa shape index (κ2) is 7.11. The largest absolute Gasteiger partial charge is 0.366 e. The average Bonchev–Trinajstić information content (AvgIpc) is 2.65. The number of nitrogens with two attached hydrogens (primary N) is 1. The van der Waals surface area contributed by atoms with Crippen LogP contribution in [0.15, 0.2) is 54.7 Å². The molecule has 4 nitrogen and oxygen atoms in total. The summed E-state index contributed by atoms with van der Waals surface area (Å²) in [6, 6.07) is 14.3. The van der Waals surface area contributed by atoms with Crippen LogP contribution in [-0.2, 0) is 6.42 Å². The number of hydrogen-bond acceptors (Lipinski definition) is 3. The molecule has 0 saturated carbocycles. The number of aromatic nitrogens is 1. The van der Waals surface area contributed by atoms with Crippen LogP contribution < -0.4 is 5.73 Å². The lowest BCUT2D eigenvalue weighted by molar-refractivity contribution is 0.100. The quantitative estimate of drug-likeness (QED) is 0.782. The predicted octanol–water partition coefficient (Wildman–Crippen LogP) is 3.59. The molecule has 1 heterocycles. The third kappa shape index (κ3) is 3.57. The number of benzene rings is 2. The number of nitrogens with zero attached hydrogens (tertiary/aromatic N) is 2. The van der Waals surface area contributed by atoms with E-state index in [9.17, 15) is 13.6 Å². The van der Waals surface area contributed by atoms with E-state index in [-0.39, 0.29) is 5.56 Å². The summed E-state index contributed by atoms with van der Waals surface area (Å²) in [5, 5.41) is 8.89. The highest BCUT2D eigenvalue weighted by atomic mass is 19.2. The molecule has 3 rings (SSSR count). The summed E-state index contributed by atoms with van der Waals surface area (Å²) < 4.78 is 27.1. The van der Waals surface area contributed by atoms with Gasteiger partial charge in [0.15, 0.2) is 11.6 Å². The van der Waals surface area contributed by atoms with Crippen molar-refractivity contribution >= 4 is 5.91 Å². The van der Waals surface area contributed by atoms with E-state index >= 15 is 0 Å². The van der Waals surface area contributed by atoms with E-state index in [1.165, 1.54) is 6.07 Å². The van der Waals surface area contributed by atoms with Crippen LogP contribution in [0.4, 0.5) is 8.78 Å². The summed E-state index contributed by atoms with van der Waals surface area (Å²) in [5.74, 6) is -2.69. The van der Waals surface area contributed by atoms with Crippen LogP contribution >= 0.6 is 0 Å². The third-order valence-electron chi connectivity index (χ3n) is 3.91. The second-order valence-corrected chi connectivity index (χ2v) is 5.72. The van der Waals surface area contributed by atoms with Crippen molar-refractivity contribution in [2.75, 3.05) is 0 Å². The zero-order chi connectivity index (χ0) is 18.7. The Balaban J connectivity index is 1.89. The summed E-state index contributed by atoms with van der Waals surface area (Å²) in [5.41, 5.74) is 8.07. The first-order valence-corrected chi connectivity index (χ1v) is 7.71. The Bertz CT molecular complexity index is 1020. The molecule has 2 N–H and O–H groups in total. The van der Waals surface area contributed by atoms with Gasteiger partial charge in [-0.25, -0.2) is 8.78 Å². The van der Waals surface area contributed by atoms with Gasteiger partial charge in [0, 0.05) is 17.3 Å². The van der Waals surface area contributed by atoms with Gasteiger partial charge in [-0.15, -0.1) is 0 Å². The highest BCUT2D eigenvalue weighted by Crippen LogP contribution is 2.21. The second-order valence-electron chi connectivity index (χ2n) is 5.72. The van der Waals surface area contributed by atoms with Gasteiger partial charge in [-0.1, -0.05) is 12.1 Å². The van der Waals surface area contributed by atoms with Crippen LogP contribution in [-0.4, -0.2) is 10.9 Å². The molecule has 0 aliphatic carbocycles. The molecule has 0 saturated heterocycles. The van der Waals surface area contributed by atoms with Crippen molar-refractivity contribution in [1.29, 1.82) is 5.26 Å². The predicted molar refractivity (Wildman–Crippen MR) is 92.1 cm³/mol. The Kier molecular flexibility index (Phi) is 4.72. The lowest BCUT2D eigenvalue weighted by atomic mass is 10.0. The Labute approximate surface area is 148 Å². The van der Waals surface area contributed by atoms with E-state index in [0.29, 0.717) is 23.2 Å². The minimum atomic E-state index is -1.14. The average molecular weight is 349 g/mol. The standard InChI is InChI=1S/C20H13F2N3O/c21-17-9-13(8-16(11-23)19(17)22)7-12-5-6-25-18(10-12)14-1-3-15(4-2-14)20(24)26/h1-6,8-10H,7H2,(H2,24,26). The number of carbonyl (C=O) groups excluding carboxylic acids is 1. The molecular weight excluding hydrogens is 336 g/mol. The molecule has 0 spiro atoms. The van der Waals surface area contributed by atoms with Crippen molar-refractivity contribution < 1.29 is 13.6 Å². The van der Waals surface area contributed by atoms with Gasteiger partial charge in [0.25, 0.3) is 0 Å². The fourth-order valence-corrected chi connectivity index (χ4v) is 2.61. The van der Waals surface area contributed by atoms with Gasteiger partial charge >= 0.3 is 0 Å². The van der Waals surface area contributed by atoms with Gasteiger partial charge < -0.3 is 5.73 Å². The fraction of sp³-hybridized carbons (Fsp3) is 0.0500. The molecule has 0 aliphatic rings. The normalized spacial score (nSPS) is 10.3. The number of pyridine rings is 1. The molecule has 6 heteroatoms. The van der Waals surface area contributed by atoms with Gasteiger partial charge in [0.05, 0.1) is 11.3 Å². The molecule has 0 bridgehead atoms. The van der Waals surface area contributed by atoms with E-state index < -0.39 is 17.5 Å². The Morgan fingerprint density at radius 2 is 1.81 bits per heavy atom. The molecule has 0 atom stereocenters. The number of nitriles is 1. The van der Waals surface area contributed by atoms with Crippen molar-refractivity contribution in [3.8, 4) is 17.3 Å². The minimum absolute atomic E-state index is 0.320. The van der Waals surface area contributed by atoms with E-state index in [2.05, 4.69) is 4.98 Å². The topological polar surface area (TPSA) is 79.8 Å². The smallest absolute Gasteiger partial charge is 0.248 e. The summed E-state index contributed by atoms with van der Waals surface area (Å²) >= 11 is 0. The highest BCUT2D eigenvalue weighted by Gasteiger charge is 2.11. The van der Waals surface area contributed by atoms with Gasteiger partial charge in [-0.05, 0) is 53.9 Å². The van der Waals surface area contributed by atoms with Crippen LogP contribution in [0.3, 0.4) is 0 Å². The third-order valence-corrected chi connectivity index (χ3v) is 3.91. The molecule has 0 unspecified atom stereocenters. The minimum Gasteiger partial charge on any atom is -0.366 e. The Hall–Kier alpha value is -3.59. The zero-order valence-electron chi connectivity index (χ0n) is 13.5. The van der Waals surface area contributed by atoms with Gasteiger partial charge in [0.1, 0.15) is 6.07 Å². The maximum atomic E-state index is 13.6. The monoisotopic (exact) mass is 349 g/mol. The molecule has 0 aliphatic heterocycles. The number of halogens is 2. The van der Waals surface area contributed by atoms with Crippen LogP contribution in [0.5, 0.6) is 0 Å². The first-order chi connectivity index (χ1) is 12.5. The zero-order valence-corrected chi connectivity index (χ0v) is 13.5. The first-order valence-electron chi connectivity index (χ1n) is 7.71. The van der Waals surface area contributed by atoms with Crippen LogP contribution in [0, 0.1) is 23.0 Å². The Morgan fingerprint density at radius 1 is 1.08 bits per heavy atom. The SMILES string of the molecule is N#Cc1cc(Cc2ccnc(-c3ccc(C(N)=O)cc3)c2)cc(F)c1F. The van der Waals surface area contributed by atoms with E-state index in [1.807, 2.05) is 6.07 Å². The molecule has 1 aromatic heterocycles. The lowest BCUT2D eigenvalue weighted by Gasteiger charge is -2.07. The molecule has 128 valence electrons. The summed E-state index contributed by atoms with van der Waals surface area (Å²) in [6.45, 7) is 0. The molecule has 0 radical (unpaired) electrons. The maximum absolute atomic E-state index is 13.6. The summed E-state index contributed by atoms with van der Waals surface area (Å²) in [7, 11) is 0. The van der Waals surface area contributed by atoms with E-state index in [4.69, 9.17) is 11.0 Å². The maximum Gasteiger partial charge on any atom is 0.248 e. The van der Waals surface area contributed by atoms with Gasteiger partial charge in [-0.2, -0.15) is 5.26 Å². The number of primary amides is 1. The van der Waals surface area contributed by atoms with Crippen molar-refractivity contribution in [3.05, 3.63) is 88.6 Å². The first kappa shape index (κ1) is 17.2. The summed E-state index contributed by atoms with van der Waals surface area (Å²) in [6.07, 6.45) is 1.93. The number of hydrogen-bond donors (Lipinski definition) is 1. The van der Waals surface area contributed by atoms with Crippen molar-refractivity contribution in [3.63, 3.8) is 0 Å². The molecule has 3 aromatic rings. The van der Waals surface area contributed by atoms with Gasteiger partial charge in [-0.3, -0.25) is 9.78 Å². The summed E-state index contributed by atoms with van der Waals surface area (Å²) in [4.78, 5) is 15.4. The Morgan fingerprint density at radius 3 is 2.46 bits per heavy atom. The number of amides is 1. The van der Waals surface area contributed by atoms with E-state index in [0.717, 1.165) is 17.2 Å². The van der Waals surface area contributed by atoms with Crippen LogP contribution in [0.1, 0.15) is 27.0 Å². The number of rotatable bonds is 4. The molecular formula is C20H13F2N3O. The molecule has 2 aromatic carbocycles. The van der Waals surface area contributed by atoms with E-state index in [1.54, 1.807) is 42.6 Å². The molecule has 0 fully saturated rings. The van der Waals surface area contributed by atoms with Crippen molar-refractivity contribution in [2.45, 2.75) is 6.42 Å². The molecule has 1 amide bonds. The molecule has 26 heavy (non-hydrogen) atoms.